The Bertz CT molecular complexity index is 551. The number of hydrogen-bond acceptors (Lipinski definition) is 2. The van der Waals surface area contributed by atoms with Crippen molar-refractivity contribution < 1.29 is 9.90 Å². The van der Waals surface area contributed by atoms with Crippen molar-refractivity contribution in [3.05, 3.63) is 35.5 Å². The van der Waals surface area contributed by atoms with E-state index in [9.17, 15) is 4.79 Å². The number of fused-ring (bicyclic) bond motifs is 1. The van der Waals surface area contributed by atoms with Crippen LogP contribution in [0.2, 0.25) is 5.02 Å². The molecule has 1 aromatic carbocycles. The molecule has 96 valence electrons. The molecule has 2 N–H and O–H groups in total. The summed E-state index contributed by atoms with van der Waals surface area (Å²) in [6.07, 6.45) is 2.34. The SMILES string of the molecule is O=C(CCn1ccc2cc(Cl)ccc21)NCCO. The zero-order valence-electron chi connectivity index (χ0n) is 9.90. The van der Waals surface area contributed by atoms with Gasteiger partial charge < -0.3 is 15.0 Å². The van der Waals surface area contributed by atoms with E-state index in [0.717, 1.165) is 10.9 Å². The average molecular weight is 267 g/mol. The monoisotopic (exact) mass is 266 g/mol. The van der Waals surface area contributed by atoms with Crippen molar-refractivity contribution in [1.82, 2.24) is 9.88 Å². The predicted octanol–water partition coefficient (Wildman–Crippen LogP) is 1.79. The third-order valence-corrected chi connectivity index (χ3v) is 2.98. The zero-order chi connectivity index (χ0) is 13.0. The first-order valence-corrected chi connectivity index (χ1v) is 6.20. The number of carbonyl (C=O) groups excluding carboxylic acids is 1. The van der Waals surface area contributed by atoms with E-state index < -0.39 is 0 Å². The van der Waals surface area contributed by atoms with Gasteiger partial charge >= 0.3 is 0 Å². The molecular formula is C13H15ClN2O2. The minimum atomic E-state index is -0.0557. The van der Waals surface area contributed by atoms with Crippen molar-refractivity contribution in [2.24, 2.45) is 0 Å². The highest BCUT2D eigenvalue weighted by Crippen LogP contribution is 2.20. The molecular weight excluding hydrogens is 252 g/mol. The first-order chi connectivity index (χ1) is 8.70. The second kappa shape index (κ2) is 5.89. The lowest BCUT2D eigenvalue weighted by Gasteiger charge is -2.06. The Morgan fingerprint density at radius 1 is 1.39 bits per heavy atom. The number of halogens is 1. The number of nitrogens with one attached hydrogen (secondary N) is 1. The lowest BCUT2D eigenvalue weighted by atomic mass is 10.2. The van der Waals surface area contributed by atoms with Gasteiger partial charge in [-0.3, -0.25) is 4.79 Å². The van der Waals surface area contributed by atoms with Gasteiger partial charge in [-0.1, -0.05) is 11.6 Å². The maximum Gasteiger partial charge on any atom is 0.221 e. The lowest BCUT2D eigenvalue weighted by Crippen LogP contribution is -2.27. The van der Waals surface area contributed by atoms with Crippen LogP contribution in [0.1, 0.15) is 6.42 Å². The molecule has 0 atom stereocenters. The van der Waals surface area contributed by atoms with Gasteiger partial charge in [0, 0.05) is 41.6 Å². The van der Waals surface area contributed by atoms with Crippen LogP contribution in [0, 0.1) is 0 Å². The number of carbonyl (C=O) groups is 1. The number of amides is 1. The van der Waals surface area contributed by atoms with E-state index in [1.807, 2.05) is 35.0 Å². The standard InChI is InChI=1S/C13H15ClN2O2/c14-11-1-2-12-10(9-11)3-6-16(12)7-4-13(18)15-5-8-17/h1-3,6,9,17H,4-5,7-8H2,(H,15,18). The molecule has 0 aliphatic carbocycles. The van der Waals surface area contributed by atoms with E-state index in [4.69, 9.17) is 16.7 Å². The third kappa shape index (κ3) is 3.03. The van der Waals surface area contributed by atoms with Crippen molar-refractivity contribution in [3.8, 4) is 0 Å². The summed E-state index contributed by atoms with van der Waals surface area (Å²) in [6, 6.07) is 7.67. The van der Waals surface area contributed by atoms with Gasteiger partial charge in [0.1, 0.15) is 0 Å². The van der Waals surface area contributed by atoms with E-state index in [-0.39, 0.29) is 12.5 Å². The van der Waals surface area contributed by atoms with Crippen LogP contribution in [0.15, 0.2) is 30.5 Å². The van der Waals surface area contributed by atoms with Gasteiger partial charge in [-0.25, -0.2) is 0 Å². The minimum absolute atomic E-state index is 0.0311. The molecule has 5 heteroatoms. The Kier molecular flexibility index (Phi) is 4.23. The van der Waals surface area contributed by atoms with Gasteiger partial charge in [0.05, 0.1) is 6.61 Å². The molecule has 0 aliphatic rings. The molecule has 0 aliphatic heterocycles. The molecule has 1 amide bonds. The van der Waals surface area contributed by atoms with E-state index in [1.165, 1.54) is 0 Å². The van der Waals surface area contributed by atoms with Gasteiger partial charge in [-0.05, 0) is 24.3 Å². The number of aliphatic hydroxyl groups is 1. The van der Waals surface area contributed by atoms with Crippen LogP contribution in [-0.2, 0) is 11.3 Å². The summed E-state index contributed by atoms with van der Waals surface area (Å²) < 4.78 is 2.02. The molecule has 0 unspecified atom stereocenters. The Morgan fingerprint density at radius 2 is 2.22 bits per heavy atom. The van der Waals surface area contributed by atoms with E-state index in [0.29, 0.717) is 24.5 Å². The molecule has 2 aromatic rings. The second-order valence-electron chi connectivity index (χ2n) is 4.04. The molecule has 0 spiro atoms. The molecule has 1 aromatic heterocycles. The summed E-state index contributed by atoms with van der Waals surface area (Å²) in [4.78, 5) is 11.4. The molecule has 0 bridgehead atoms. The van der Waals surface area contributed by atoms with Crippen LogP contribution >= 0.6 is 11.6 Å². The van der Waals surface area contributed by atoms with Crippen molar-refractivity contribution in [2.75, 3.05) is 13.2 Å². The molecule has 4 nitrogen and oxygen atoms in total. The zero-order valence-corrected chi connectivity index (χ0v) is 10.7. The van der Waals surface area contributed by atoms with Gasteiger partial charge in [0.25, 0.3) is 0 Å². The number of aryl methyl sites for hydroxylation is 1. The van der Waals surface area contributed by atoms with Gasteiger partial charge in [0.2, 0.25) is 5.91 Å². The van der Waals surface area contributed by atoms with Crippen molar-refractivity contribution >= 4 is 28.4 Å². The molecule has 18 heavy (non-hydrogen) atoms. The van der Waals surface area contributed by atoms with Crippen LogP contribution in [0.25, 0.3) is 10.9 Å². The quantitative estimate of drug-likeness (QED) is 0.867. The van der Waals surface area contributed by atoms with E-state index in [1.54, 1.807) is 0 Å². The molecule has 0 radical (unpaired) electrons. The van der Waals surface area contributed by atoms with E-state index in [2.05, 4.69) is 5.32 Å². The van der Waals surface area contributed by atoms with Crippen molar-refractivity contribution in [3.63, 3.8) is 0 Å². The van der Waals surface area contributed by atoms with Crippen molar-refractivity contribution in [1.29, 1.82) is 0 Å². The summed E-state index contributed by atoms with van der Waals surface area (Å²) in [5, 5.41) is 13.0. The lowest BCUT2D eigenvalue weighted by molar-refractivity contribution is -0.121. The highest BCUT2D eigenvalue weighted by atomic mass is 35.5. The Morgan fingerprint density at radius 3 is 3.00 bits per heavy atom. The average Bonchev–Trinajstić information content (AvgIpc) is 2.76. The van der Waals surface area contributed by atoms with E-state index >= 15 is 0 Å². The van der Waals surface area contributed by atoms with Crippen LogP contribution in [0.3, 0.4) is 0 Å². The van der Waals surface area contributed by atoms with Crippen LogP contribution in [-0.4, -0.2) is 28.7 Å². The van der Waals surface area contributed by atoms with Gasteiger partial charge in [-0.2, -0.15) is 0 Å². The van der Waals surface area contributed by atoms with Gasteiger partial charge in [-0.15, -0.1) is 0 Å². The highest BCUT2D eigenvalue weighted by Gasteiger charge is 2.04. The number of rotatable bonds is 5. The normalized spacial score (nSPS) is 10.8. The molecule has 2 rings (SSSR count). The Balaban J connectivity index is 2.02. The third-order valence-electron chi connectivity index (χ3n) is 2.75. The number of aliphatic hydroxyl groups excluding tert-OH is 1. The maximum atomic E-state index is 11.4. The maximum absolute atomic E-state index is 11.4. The van der Waals surface area contributed by atoms with Crippen LogP contribution in [0.4, 0.5) is 0 Å². The molecule has 1 heterocycles. The van der Waals surface area contributed by atoms with Crippen molar-refractivity contribution in [2.45, 2.75) is 13.0 Å². The summed E-state index contributed by atoms with van der Waals surface area (Å²) in [7, 11) is 0. The summed E-state index contributed by atoms with van der Waals surface area (Å²) >= 11 is 5.92. The fourth-order valence-electron chi connectivity index (χ4n) is 1.87. The summed E-state index contributed by atoms with van der Waals surface area (Å²) in [5.41, 5.74) is 1.06. The second-order valence-corrected chi connectivity index (χ2v) is 4.47. The number of hydrogen-bond donors (Lipinski definition) is 2. The molecule has 0 fully saturated rings. The Labute approximate surface area is 110 Å². The summed E-state index contributed by atoms with van der Waals surface area (Å²) in [6.45, 7) is 0.889. The first kappa shape index (κ1) is 12.9. The highest BCUT2D eigenvalue weighted by molar-refractivity contribution is 6.31. The first-order valence-electron chi connectivity index (χ1n) is 5.82. The van der Waals surface area contributed by atoms with Crippen LogP contribution < -0.4 is 5.32 Å². The molecule has 0 saturated carbocycles. The largest absolute Gasteiger partial charge is 0.395 e. The number of aromatic nitrogens is 1. The predicted molar refractivity (Wildman–Crippen MR) is 71.7 cm³/mol. The Hall–Kier alpha value is -1.52. The summed E-state index contributed by atoms with van der Waals surface area (Å²) in [5.74, 6) is -0.0557. The fraction of sp³-hybridized carbons (Fsp3) is 0.308. The molecule has 0 saturated heterocycles. The number of nitrogens with zero attached hydrogens (tertiary/aromatic N) is 1. The smallest absolute Gasteiger partial charge is 0.221 e. The fourth-order valence-corrected chi connectivity index (χ4v) is 2.05. The van der Waals surface area contributed by atoms with Gasteiger partial charge in [0.15, 0.2) is 0 Å². The number of benzene rings is 1. The topological polar surface area (TPSA) is 54.3 Å². The van der Waals surface area contributed by atoms with Crippen LogP contribution in [0.5, 0.6) is 0 Å². The minimum Gasteiger partial charge on any atom is -0.395 e.